The van der Waals surface area contributed by atoms with Gasteiger partial charge in [-0.2, -0.15) is 5.10 Å². The van der Waals surface area contributed by atoms with Gasteiger partial charge >= 0.3 is 0 Å². The molecule has 0 bridgehead atoms. The maximum absolute atomic E-state index is 12.6. The third kappa shape index (κ3) is 5.02. The van der Waals surface area contributed by atoms with Crippen LogP contribution < -0.4 is 0 Å². The summed E-state index contributed by atoms with van der Waals surface area (Å²) >= 11 is 0. The lowest BCUT2D eigenvalue weighted by Gasteiger charge is -2.27. The summed E-state index contributed by atoms with van der Waals surface area (Å²) < 4.78 is 13.3. The number of likely N-dealkylation sites (N-methyl/N-ethyl adjacent to an activating group) is 1. The van der Waals surface area contributed by atoms with Crippen molar-refractivity contribution in [1.82, 2.24) is 19.6 Å². The highest BCUT2D eigenvalue weighted by atomic mass is 16.7. The molecule has 7 nitrogen and oxygen atoms in total. The van der Waals surface area contributed by atoms with Crippen LogP contribution in [0.4, 0.5) is 0 Å². The summed E-state index contributed by atoms with van der Waals surface area (Å²) in [4.78, 5) is 16.3. The standard InChI is InChI=1S/C16H28N4O3/c1-12-7-13(19(6)17-12)8-20(15(21)10-18(4)5)9-14-11-22-16(2,3)23-14/h7,14H,8-11H2,1-6H3/t14-/m1/s1. The molecule has 2 heterocycles. The van der Waals surface area contributed by atoms with Crippen LogP contribution in [0.1, 0.15) is 25.2 Å². The van der Waals surface area contributed by atoms with Crippen LogP contribution in [0.25, 0.3) is 0 Å². The van der Waals surface area contributed by atoms with Crippen LogP contribution in [0.5, 0.6) is 0 Å². The van der Waals surface area contributed by atoms with Gasteiger partial charge in [0.15, 0.2) is 5.79 Å². The molecule has 23 heavy (non-hydrogen) atoms. The molecule has 0 unspecified atom stereocenters. The van der Waals surface area contributed by atoms with E-state index in [1.54, 1.807) is 0 Å². The van der Waals surface area contributed by atoms with Gasteiger partial charge in [-0.15, -0.1) is 0 Å². The number of ether oxygens (including phenoxy) is 2. The molecule has 1 fully saturated rings. The minimum absolute atomic E-state index is 0.0714. The average Bonchev–Trinajstić information content (AvgIpc) is 2.90. The van der Waals surface area contributed by atoms with Gasteiger partial charge in [0.25, 0.3) is 0 Å². The van der Waals surface area contributed by atoms with Crippen molar-refractivity contribution in [2.45, 2.75) is 39.2 Å². The molecule has 1 aliphatic heterocycles. The predicted molar refractivity (Wildman–Crippen MR) is 86.8 cm³/mol. The van der Waals surface area contributed by atoms with Crippen LogP contribution in [-0.4, -0.2) is 71.2 Å². The molecule has 0 aromatic carbocycles. The first kappa shape index (κ1) is 17.9. The van der Waals surface area contributed by atoms with Gasteiger partial charge in [0.05, 0.1) is 31.1 Å². The first-order chi connectivity index (χ1) is 10.7. The summed E-state index contributed by atoms with van der Waals surface area (Å²) in [5.74, 6) is -0.508. The second-order valence-corrected chi connectivity index (χ2v) is 6.86. The molecule has 0 radical (unpaired) electrons. The summed E-state index contributed by atoms with van der Waals surface area (Å²) in [7, 11) is 5.68. The quantitative estimate of drug-likeness (QED) is 0.773. The number of aromatic nitrogens is 2. The minimum Gasteiger partial charge on any atom is -0.348 e. The van der Waals surface area contributed by atoms with Crippen molar-refractivity contribution in [1.29, 1.82) is 0 Å². The Balaban J connectivity index is 2.08. The molecule has 2 rings (SSSR count). The van der Waals surface area contributed by atoms with Crippen LogP contribution >= 0.6 is 0 Å². The summed E-state index contributed by atoms with van der Waals surface area (Å²) in [6, 6.07) is 2.01. The Labute approximate surface area is 138 Å². The van der Waals surface area contributed by atoms with E-state index in [1.807, 2.05) is 62.5 Å². The van der Waals surface area contributed by atoms with Crippen LogP contribution in [-0.2, 0) is 27.9 Å². The van der Waals surface area contributed by atoms with E-state index >= 15 is 0 Å². The number of aryl methyl sites for hydroxylation is 2. The van der Waals surface area contributed by atoms with E-state index in [2.05, 4.69) is 5.10 Å². The van der Waals surface area contributed by atoms with Gasteiger partial charge in [0.1, 0.15) is 6.10 Å². The van der Waals surface area contributed by atoms with Crippen molar-refractivity contribution < 1.29 is 14.3 Å². The summed E-state index contributed by atoms with van der Waals surface area (Å²) in [5, 5.41) is 4.35. The molecule has 0 N–H and O–H groups in total. The SMILES string of the molecule is Cc1cc(CN(C[C@@H]2COC(C)(C)O2)C(=O)CN(C)C)n(C)n1. The Hall–Kier alpha value is -1.44. The van der Waals surface area contributed by atoms with Crippen molar-refractivity contribution in [2.24, 2.45) is 7.05 Å². The number of amides is 1. The summed E-state index contributed by atoms with van der Waals surface area (Å²) in [5.41, 5.74) is 1.96. The van der Waals surface area contributed by atoms with Gasteiger partial charge in [0.2, 0.25) is 5.91 Å². The van der Waals surface area contributed by atoms with Gasteiger partial charge in [-0.1, -0.05) is 0 Å². The molecule has 1 aromatic rings. The monoisotopic (exact) mass is 324 g/mol. The van der Waals surface area contributed by atoms with Crippen LogP contribution in [0.3, 0.4) is 0 Å². The molecule has 1 aliphatic rings. The maximum Gasteiger partial charge on any atom is 0.237 e. The van der Waals surface area contributed by atoms with Crippen molar-refractivity contribution in [3.05, 3.63) is 17.5 Å². The number of hydrogen-bond donors (Lipinski definition) is 0. The topological polar surface area (TPSA) is 59.8 Å². The maximum atomic E-state index is 12.6. The zero-order valence-corrected chi connectivity index (χ0v) is 15.0. The fourth-order valence-electron chi connectivity index (χ4n) is 2.73. The van der Waals surface area contributed by atoms with E-state index in [1.165, 1.54) is 0 Å². The normalized spacial score (nSPS) is 20.2. The number of rotatable bonds is 6. The van der Waals surface area contributed by atoms with Gasteiger partial charge < -0.3 is 19.3 Å². The fourth-order valence-corrected chi connectivity index (χ4v) is 2.73. The van der Waals surface area contributed by atoms with Crippen LogP contribution in [0, 0.1) is 6.92 Å². The van der Waals surface area contributed by atoms with E-state index in [9.17, 15) is 4.79 Å². The van der Waals surface area contributed by atoms with E-state index in [0.29, 0.717) is 26.2 Å². The zero-order valence-electron chi connectivity index (χ0n) is 15.0. The lowest BCUT2D eigenvalue weighted by molar-refractivity contribution is -0.147. The molecule has 1 amide bonds. The van der Waals surface area contributed by atoms with E-state index in [4.69, 9.17) is 9.47 Å². The van der Waals surface area contributed by atoms with Gasteiger partial charge in [-0.05, 0) is 40.9 Å². The fraction of sp³-hybridized carbons (Fsp3) is 0.750. The second-order valence-electron chi connectivity index (χ2n) is 6.86. The number of carbonyl (C=O) groups excluding carboxylic acids is 1. The minimum atomic E-state index is -0.579. The lowest BCUT2D eigenvalue weighted by Crippen LogP contribution is -2.42. The number of nitrogens with zero attached hydrogens (tertiary/aromatic N) is 4. The van der Waals surface area contributed by atoms with E-state index < -0.39 is 5.79 Å². The Kier molecular flexibility index (Phi) is 5.44. The molecule has 1 aromatic heterocycles. The van der Waals surface area contributed by atoms with Crippen molar-refractivity contribution in [2.75, 3.05) is 33.8 Å². The van der Waals surface area contributed by atoms with E-state index in [0.717, 1.165) is 11.4 Å². The highest BCUT2D eigenvalue weighted by molar-refractivity contribution is 5.78. The van der Waals surface area contributed by atoms with Crippen molar-refractivity contribution in [3.8, 4) is 0 Å². The first-order valence-corrected chi connectivity index (χ1v) is 7.90. The number of hydrogen-bond acceptors (Lipinski definition) is 5. The highest BCUT2D eigenvalue weighted by Gasteiger charge is 2.34. The molecule has 0 saturated carbocycles. The third-order valence-corrected chi connectivity index (χ3v) is 3.75. The molecule has 0 aliphatic carbocycles. The third-order valence-electron chi connectivity index (χ3n) is 3.75. The average molecular weight is 324 g/mol. The van der Waals surface area contributed by atoms with Gasteiger partial charge in [-0.3, -0.25) is 9.48 Å². The van der Waals surface area contributed by atoms with Crippen LogP contribution in [0.2, 0.25) is 0 Å². The van der Waals surface area contributed by atoms with Gasteiger partial charge in [0, 0.05) is 13.6 Å². The van der Waals surface area contributed by atoms with E-state index in [-0.39, 0.29) is 12.0 Å². The molecule has 130 valence electrons. The Bertz CT molecular complexity index is 554. The Morgan fingerprint density at radius 2 is 2.17 bits per heavy atom. The lowest BCUT2D eigenvalue weighted by atomic mass is 10.2. The van der Waals surface area contributed by atoms with Crippen LogP contribution in [0.15, 0.2) is 6.07 Å². The largest absolute Gasteiger partial charge is 0.348 e. The zero-order chi connectivity index (χ0) is 17.2. The summed E-state index contributed by atoms with van der Waals surface area (Å²) in [6.45, 7) is 7.64. The molecule has 1 atom stereocenters. The molecule has 0 spiro atoms. The predicted octanol–water partition coefficient (Wildman–Crippen LogP) is 0.770. The van der Waals surface area contributed by atoms with Crippen molar-refractivity contribution in [3.63, 3.8) is 0 Å². The highest BCUT2D eigenvalue weighted by Crippen LogP contribution is 2.23. The molecule has 7 heteroatoms. The first-order valence-electron chi connectivity index (χ1n) is 7.90. The van der Waals surface area contributed by atoms with Gasteiger partial charge in [-0.25, -0.2) is 0 Å². The Morgan fingerprint density at radius 3 is 2.65 bits per heavy atom. The number of carbonyl (C=O) groups is 1. The Morgan fingerprint density at radius 1 is 1.48 bits per heavy atom. The summed E-state index contributed by atoms with van der Waals surface area (Å²) in [6.07, 6.45) is -0.106. The molecular formula is C16H28N4O3. The molecular weight excluding hydrogens is 296 g/mol. The second kappa shape index (κ2) is 6.98. The van der Waals surface area contributed by atoms with Crippen molar-refractivity contribution >= 4 is 5.91 Å². The molecule has 1 saturated heterocycles. The smallest absolute Gasteiger partial charge is 0.237 e.